The summed E-state index contributed by atoms with van der Waals surface area (Å²) < 4.78 is 0. The fraction of sp³-hybridized carbons (Fsp3) is 0.0638. The lowest BCUT2D eigenvalue weighted by atomic mass is 9.80. The Balaban J connectivity index is 0.000000104. The Kier molecular flexibility index (Phi) is 18.3. The predicted octanol–water partition coefficient (Wildman–Crippen LogP) is 39.1. The summed E-state index contributed by atoms with van der Waals surface area (Å²) in [6, 6.07) is 177. The summed E-state index contributed by atoms with van der Waals surface area (Å²) in [5, 5.41) is 31.6. The molecule has 0 fully saturated rings. The van der Waals surface area contributed by atoms with Gasteiger partial charge in [-0.3, -0.25) is 0 Å². The first-order valence-corrected chi connectivity index (χ1v) is 49.8. The first-order valence-electron chi connectivity index (χ1n) is 49.8. The van der Waals surface area contributed by atoms with Gasteiger partial charge in [0.05, 0.1) is 0 Å². The molecule has 27 aromatic carbocycles. The van der Waals surface area contributed by atoms with Gasteiger partial charge in [0.25, 0.3) is 0 Å². The van der Waals surface area contributed by atoms with E-state index >= 15 is 0 Å². The Morgan fingerprint density at radius 1 is 0.106 bits per heavy atom. The maximum Gasteiger partial charge on any atom is 0.0159 e. The second-order valence-corrected chi connectivity index (χ2v) is 41.2. The monoisotopic (exact) mass is 1790 g/mol. The molecule has 0 nitrogen and oxygen atoms in total. The molecule has 0 aliphatic heterocycles. The molecule has 30 rings (SSSR count). The summed E-state index contributed by atoms with van der Waals surface area (Å²) >= 11 is 0. The summed E-state index contributed by atoms with van der Waals surface area (Å²) in [5.74, 6) is 0. The summed E-state index contributed by atoms with van der Waals surface area (Å²) in [6.07, 6.45) is 0. The first kappa shape index (κ1) is 82.1. The molecule has 0 saturated heterocycles. The van der Waals surface area contributed by atoms with Gasteiger partial charge in [0.1, 0.15) is 0 Å². The Bertz CT molecular complexity index is 9830. The van der Waals surface area contributed by atoms with E-state index in [1.165, 1.54) is 296 Å². The van der Waals surface area contributed by atoms with E-state index in [9.17, 15) is 0 Å². The summed E-state index contributed by atoms with van der Waals surface area (Å²) in [6.45, 7) is 14.3. The van der Waals surface area contributed by atoms with Crippen molar-refractivity contribution in [2.75, 3.05) is 0 Å². The lowest BCUT2D eigenvalue weighted by molar-refractivity contribution is 0.660. The largest absolute Gasteiger partial charge is 0.0616 e. The molecule has 0 heterocycles. The molecule has 0 saturated carbocycles. The maximum atomic E-state index is 2.46. The van der Waals surface area contributed by atoms with Crippen LogP contribution >= 0.6 is 0 Å². The molecule has 3 aliphatic carbocycles. The van der Waals surface area contributed by atoms with Crippen molar-refractivity contribution < 1.29 is 0 Å². The third kappa shape index (κ3) is 13.0. The van der Waals surface area contributed by atoms with Crippen LogP contribution in [0.25, 0.3) is 263 Å². The third-order valence-electron chi connectivity index (χ3n) is 32.4. The fourth-order valence-electron chi connectivity index (χ4n) is 25.1. The van der Waals surface area contributed by atoms with Gasteiger partial charge in [-0.25, -0.2) is 0 Å². The highest BCUT2D eigenvalue weighted by Gasteiger charge is 2.40. The zero-order chi connectivity index (χ0) is 93.8. The van der Waals surface area contributed by atoms with Gasteiger partial charge in [0.15, 0.2) is 0 Å². The average Bonchev–Trinajstić information content (AvgIpc) is 1.58. The number of hydrogen-bond donors (Lipinski definition) is 0. The van der Waals surface area contributed by atoms with E-state index in [0.717, 1.165) is 0 Å². The lowest BCUT2D eigenvalue weighted by Gasteiger charge is -2.23. The molecule has 0 spiro atoms. The van der Waals surface area contributed by atoms with Crippen LogP contribution in [0, 0.1) is 0 Å². The van der Waals surface area contributed by atoms with E-state index in [2.05, 4.69) is 515 Å². The first-order chi connectivity index (χ1) is 69.1. The highest BCUT2D eigenvalue weighted by Crippen LogP contribution is 2.57. The van der Waals surface area contributed by atoms with E-state index in [4.69, 9.17) is 0 Å². The highest BCUT2D eigenvalue weighted by molar-refractivity contribution is 6.29. The normalized spacial score (nSPS) is 13.5. The molecular formula is C141H96. The molecule has 0 bridgehead atoms. The van der Waals surface area contributed by atoms with Crippen molar-refractivity contribution in [3.8, 4) is 134 Å². The summed E-state index contributed by atoms with van der Waals surface area (Å²) in [7, 11) is 0. The van der Waals surface area contributed by atoms with Gasteiger partial charge in [-0.15, -0.1) is 0 Å². The Morgan fingerprint density at radius 2 is 0.312 bits per heavy atom. The smallest absolute Gasteiger partial charge is 0.0159 e. The molecule has 0 atom stereocenters. The molecule has 660 valence electrons. The van der Waals surface area contributed by atoms with E-state index in [-0.39, 0.29) is 16.2 Å². The second-order valence-electron chi connectivity index (χ2n) is 41.2. The SMILES string of the molecule is CC1(C)c2cc(-c3ccc(-c4cccc5ccccc45)cc3)ccc2-c2ccc(-c3ccc4ccc5cccc6ccc3c4c56)cc21.CC1(C)c2cc(-c3cccc(-c4ccc5ccccc5c4)c3)ccc2-c2ccc(-c3ccc4ccc5cccc6ccc3c4c56)cc21.CC1(C)c2cc(-c3cccc(-c4cccc5ccccc45)c3)ccc2-c2ccc(-c3ccc4ccc5cccc6ccc3c4c56)cc21. The van der Waals surface area contributed by atoms with Crippen LogP contribution in [0.4, 0.5) is 0 Å². The Morgan fingerprint density at radius 3 is 0.695 bits per heavy atom. The maximum absolute atomic E-state index is 2.46. The zero-order valence-electron chi connectivity index (χ0n) is 79.5. The minimum absolute atomic E-state index is 0.108. The number of benzene rings is 27. The number of hydrogen-bond acceptors (Lipinski definition) is 0. The van der Waals surface area contributed by atoms with Crippen molar-refractivity contribution in [2.24, 2.45) is 0 Å². The number of fused-ring (bicyclic) bond motifs is 12. The van der Waals surface area contributed by atoms with Crippen LogP contribution in [-0.2, 0) is 16.2 Å². The minimum Gasteiger partial charge on any atom is -0.0616 e. The van der Waals surface area contributed by atoms with Crippen LogP contribution in [0.1, 0.15) is 74.9 Å². The molecule has 141 heavy (non-hydrogen) atoms. The zero-order valence-corrected chi connectivity index (χ0v) is 79.5. The molecule has 0 N–H and O–H groups in total. The van der Waals surface area contributed by atoms with Crippen molar-refractivity contribution in [2.45, 2.75) is 57.8 Å². The van der Waals surface area contributed by atoms with Gasteiger partial charge in [0.2, 0.25) is 0 Å². The fourth-order valence-corrected chi connectivity index (χ4v) is 25.1. The second kappa shape index (κ2) is 31.4. The van der Waals surface area contributed by atoms with Gasteiger partial charge in [-0.1, -0.05) is 460 Å². The molecular weight excluding hydrogens is 1690 g/mol. The highest BCUT2D eigenvalue weighted by atomic mass is 14.4. The summed E-state index contributed by atoms with van der Waals surface area (Å²) in [4.78, 5) is 0. The van der Waals surface area contributed by atoms with Crippen molar-refractivity contribution >= 4 is 129 Å². The van der Waals surface area contributed by atoms with Gasteiger partial charge < -0.3 is 0 Å². The van der Waals surface area contributed by atoms with E-state index in [1.807, 2.05) is 0 Å². The van der Waals surface area contributed by atoms with Crippen LogP contribution in [0.5, 0.6) is 0 Å². The molecule has 0 amide bonds. The summed E-state index contributed by atoms with van der Waals surface area (Å²) in [5.41, 5.74) is 39.0. The quantitative estimate of drug-likeness (QED) is 0.126. The molecule has 3 aliphatic rings. The molecule has 0 unspecified atom stereocenters. The molecule has 0 radical (unpaired) electrons. The molecule has 27 aromatic rings. The van der Waals surface area contributed by atoms with Crippen LogP contribution < -0.4 is 0 Å². The minimum atomic E-state index is -0.117. The van der Waals surface area contributed by atoms with Crippen molar-refractivity contribution in [3.05, 3.63) is 507 Å². The third-order valence-corrected chi connectivity index (χ3v) is 32.4. The Hall–Kier alpha value is -17.2. The topological polar surface area (TPSA) is 0 Å². The van der Waals surface area contributed by atoms with Crippen LogP contribution in [0.3, 0.4) is 0 Å². The molecule has 0 heteroatoms. The van der Waals surface area contributed by atoms with Gasteiger partial charge in [0, 0.05) is 16.2 Å². The number of rotatable bonds is 9. The van der Waals surface area contributed by atoms with E-state index < -0.39 is 0 Å². The van der Waals surface area contributed by atoms with Gasteiger partial charge in [-0.2, -0.15) is 0 Å². The van der Waals surface area contributed by atoms with Gasteiger partial charge >= 0.3 is 0 Å². The van der Waals surface area contributed by atoms with Crippen molar-refractivity contribution in [1.29, 1.82) is 0 Å². The van der Waals surface area contributed by atoms with Gasteiger partial charge in [-0.05, 0) is 351 Å². The standard InChI is InChI=1S/3C47H32/c1-47(2)43-27-34(33-12-6-13-35(26-33)38-15-7-9-29-8-3-4-14-37(29)38)20-23-40(43)41-24-21-36(28-44(41)47)39-22-18-32-17-16-30-10-5-11-31-19-25-42(39)46(32)45(30)31;1-47(2)43-27-35(29-13-15-31(16-14-29)38-12-6-8-30-7-3-4-11-37(30)38)21-24-40(43)41-25-22-36(28-44(41)47)39-23-19-34-18-17-32-9-5-10-33-20-26-42(39)46(34)45(32)33;1-47(2)43-27-37(35-12-6-11-34(26-35)36-16-13-29-7-3-4-8-33(29)25-36)19-22-40(43)41-23-20-38(28-44(41)47)39-21-17-32-15-14-30-9-5-10-31-18-24-42(39)46(32)45(30)31/h3*3-28H,1-2H3. The molecule has 0 aromatic heterocycles. The lowest BCUT2D eigenvalue weighted by Crippen LogP contribution is -2.15. The van der Waals surface area contributed by atoms with Crippen LogP contribution in [-0.4, -0.2) is 0 Å². The Labute approximate surface area is 821 Å². The van der Waals surface area contributed by atoms with Crippen LogP contribution in [0.2, 0.25) is 0 Å². The average molecular weight is 1790 g/mol. The van der Waals surface area contributed by atoms with E-state index in [1.54, 1.807) is 0 Å². The van der Waals surface area contributed by atoms with Crippen molar-refractivity contribution in [3.63, 3.8) is 0 Å². The van der Waals surface area contributed by atoms with E-state index in [0.29, 0.717) is 0 Å². The van der Waals surface area contributed by atoms with Crippen LogP contribution in [0.15, 0.2) is 473 Å². The predicted molar refractivity (Wildman–Crippen MR) is 605 cm³/mol. The van der Waals surface area contributed by atoms with Crippen molar-refractivity contribution in [1.82, 2.24) is 0 Å².